The minimum Gasteiger partial charge on any atom is -0.480 e. The molecule has 8 heteroatoms. The van der Waals surface area contributed by atoms with Gasteiger partial charge in [-0.3, -0.25) is 5.32 Å². The molecule has 0 bridgehead atoms. The number of nitrogens with one attached hydrogen (secondary N) is 1. The predicted molar refractivity (Wildman–Crippen MR) is 68.0 cm³/mol. The number of hydrogen-bond acceptors (Lipinski definition) is 4. The first-order valence-corrected chi connectivity index (χ1v) is 6.02. The van der Waals surface area contributed by atoms with E-state index in [2.05, 4.69) is 10.1 Å². The van der Waals surface area contributed by atoms with Gasteiger partial charge in [-0.05, 0) is 24.6 Å². The number of rotatable bonds is 7. The molecule has 0 spiro atoms. The third-order valence-corrected chi connectivity index (χ3v) is 2.88. The molecule has 0 aliphatic heterocycles. The molecule has 0 heterocycles. The molecule has 0 saturated carbocycles. The Bertz CT molecular complexity index is 475. The fourth-order valence-corrected chi connectivity index (χ4v) is 1.69. The van der Waals surface area contributed by atoms with Crippen molar-refractivity contribution in [3.63, 3.8) is 0 Å². The smallest absolute Gasteiger partial charge is 0.480 e. The molecule has 1 atom stereocenters. The van der Waals surface area contributed by atoms with Crippen LogP contribution in [0.2, 0.25) is 0 Å². The second-order valence-electron chi connectivity index (χ2n) is 4.42. The van der Waals surface area contributed by atoms with Crippen LogP contribution in [0.3, 0.4) is 0 Å². The highest BCUT2D eigenvalue weighted by Gasteiger charge is 2.35. The van der Waals surface area contributed by atoms with Crippen LogP contribution in [-0.2, 0) is 15.1 Å². The van der Waals surface area contributed by atoms with Crippen LogP contribution in [-0.4, -0.2) is 37.7 Å². The zero-order chi connectivity index (χ0) is 16.1. The summed E-state index contributed by atoms with van der Waals surface area (Å²) in [6, 6.07) is 4.69. The number of alkyl halides is 3. The van der Waals surface area contributed by atoms with Gasteiger partial charge < -0.3 is 14.6 Å². The molecule has 1 unspecified atom stereocenters. The second-order valence-corrected chi connectivity index (χ2v) is 4.42. The van der Waals surface area contributed by atoms with Crippen LogP contribution in [0, 0.1) is 0 Å². The number of methoxy groups -OCH3 is 1. The molecule has 2 N–H and O–H groups in total. The molecule has 0 saturated heterocycles. The molecule has 0 aliphatic rings. The number of ether oxygens (including phenoxy) is 2. The minimum atomic E-state index is -4.78. The van der Waals surface area contributed by atoms with Crippen molar-refractivity contribution in [3.05, 3.63) is 29.8 Å². The standard InChI is InChI=1S/C13H16F3NO4/c1-12(11(18)19,17-7-8-20-2)9-3-5-10(6-4-9)21-13(14,15)16/h3-6,17H,7-8H2,1-2H3,(H,18,19). The maximum absolute atomic E-state index is 12.1. The van der Waals surface area contributed by atoms with Gasteiger partial charge in [0.05, 0.1) is 6.61 Å². The Labute approximate surface area is 119 Å². The van der Waals surface area contributed by atoms with Crippen LogP contribution in [0.25, 0.3) is 0 Å². The molecule has 0 aromatic heterocycles. The zero-order valence-corrected chi connectivity index (χ0v) is 11.5. The van der Waals surface area contributed by atoms with Crippen molar-refractivity contribution in [2.45, 2.75) is 18.8 Å². The molecule has 1 aromatic carbocycles. The van der Waals surface area contributed by atoms with E-state index in [9.17, 15) is 23.1 Å². The third kappa shape index (κ3) is 4.91. The van der Waals surface area contributed by atoms with Crippen LogP contribution in [0.1, 0.15) is 12.5 Å². The van der Waals surface area contributed by atoms with Crippen molar-refractivity contribution in [1.82, 2.24) is 5.32 Å². The molecule has 1 rings (SSSR count). The van der Waals surface area contributed by atoms with E-state index in [0.29, 0.717) is 12.2 Å². The lowest BCUT2D eigenvalue weighted by molar-refractivity contribution is -0.274. The quantitative estimate of drug-likeness (QED) is 0.755. The molecule has 1 aromatic rings. The average molecular weight is 307 g/mol. The van der Waals surface area contributed by atoms with Crippen molar-refractivity contribution in [2.75, 3.05) is 20.3 Å². The number of hydrogen-bond donors (Lipinski definition) is 2. The highest BCUT2D eigenvalue weighted by molar-refractivity contribution is 5.80. The maximum atomic E-state index is 12.1. The molecule has 118 valence electrons. The number of benzene rings is 1. The van der Waals surface area contributed by atoms with Crippen molar-refractivity contribution in [1.29, 1.82) is 0 Å². The zero-order valence-electron chi connectivity index (χ0n) is 11.5. The Morgan fingerprint density at radius 2 is 1.86 bits per heavy atom. The monoisotopic (exact) mass is 307 g/mol. The van der Waals surface area contributed by atoms with Crippen LogP contribution in [0.15, 0.2) is 24.3 Å². The Kier molecular flexibility index (Phi) is 5.56. The van der Waals surface area contributed by atoms with Crippen LogP contribution >= 0.6 is 0 Å². The number of carboxylic acids is 1. The molecular formula is C13H16F3NO4. The molecule has 21 heavy (non-hydrogen) atoms. The van der Waals surface area contributed by atoms with E-state index in [1.807, 2.05) is 0 Å². The van der Waals surface area contributed by atoms with Gasteiger partial charge in [-0.25, -0.2) is 4.79 Å². The minimum absolute atomic E-state index is 0.278. The topological polar surface area (TPSA) is 67.8 Å². The highest BCUT2D eigenvalue weighted by Crippen LogP contribution is 2.27. The van der Waals surface area contributed by atoms with E-state index < -0.39 is 23.6 Å². The van der Waals surface area contributed by atoms with Crippen molar-refractivity contribution in [3.8, 4) is 5.75 Å². The lowest BCUT2D eigenvalue weighted by Crippen LogP contribution is -2.47. The van der Waals surface area contributed by atoms with Crippen molar-refractivity contribution in [2.24, 2.45) is 0 Å². The molecule has 0 amide bonds. The van der Waals surface area contributed by atoms with Gasteiger partial charge in [0.15, 0.2) is 0 Å². The van der Waals surface area contributed by atoms with Crippen LogP contribution in [0.4, 0.5) is 13.2 Å². The number of aliphatic carboxylic acids is 1. The Balaban J connectivity index is 2.91. The van der Waals surface area contributed by atoms with Crippen molar-refractivity contribution < 1.29 is 32.5 Å². The van der Waals surface area contributed by atoms with Gasteiger partial charge in [-0.2, -0.15) is 0 Å². The van der Waals surface area contributed by atoms with Crippen LogP contribution < -0.4 is 10.1 Å². The van der Waals surface area contributed by atoms with Gasteiger partial charge in [0.2, 0.25) is 0 Å². The summed E-state index contributed by atoms with van der Waals surface area (Å²) in [6.07, 6.45) is -4.78. The van der Waals surface area contributed by atoms with Gasteiger partial charge in [0.25, 0.3) is 0 Å². The molecule has 0 aliphatic carbocycles. The van der Waals surface area contributed by atoms with Gasteiger partial charge in [-0.15, -0.1) is 13.2 Å². The van der Waals surface area contributed by atoms with Gasteiger partial charge in [0, 0.05) is 13.7 Å². The summed E-state index contributed by atoms with van der Waals surface area (Å²) in [6.45, 7) is 2.00. The largest absolute Gasteiger partial charge is 0.573 e. The SMILES string of the molecule is COCCNC(C)(C(=O)O)c1ccc(OC(F)(F)F)cc1. The molecule has 5 nitrogen and oxygen atoms in total. The summed E-state index contributed by atoms with van der Waals surface area (Å²) >= 11 is 0. The van der Waals surface area contributed by atoms with Gasteiger partial charge >= 0.3 is 12.3 Å². The number of halogens is 3. The maximum Gasteiger partial charge on any atom is 0.573 e. The number of carbonyl (C=O) groups is 1. The first kappa shape index (κ1) is 17.3. The molecule has 0 radical (unpaired) electrons. The van der Waals surface area contributed by atoms with Gasteiger partial charge in [-0.1, -0.05) is 12.1 Å². The second kappa shape index (κ2) is 6.77. The fraction of sp³-hybridized carbons (Fsp3) is 0.462. The molecule has 0 fully saturated rings. The summed E-state index contributed by atoms with van der Waals surface area (Å²) < 4.78 is 44.8. The Hall–Kier alpha value is -1.80. The Morgan fingerprint density at radius 1 is 1.29 bits per heavy atom. The van der Waals surface area contributed by atoms with E-state index in [-0.39, 0.29) is 6.54 Å². The first-order valence-electron chi connectivity index (χ1n) is 6.02. The van der Waals surface area contributed by atoms with Crippen LogP contribution in [0.5, 0.6) is 5.75 Å². The van der Waals surface area contributed by atoms with E-state index in [0.717, 1.165) is 12.1 Å². The summed E-state index contributed by atoms with van der Waals surface area (Å²) in [4.78, 5) is 11.4. The summed E-state index contributed by atoms with van der Waals surface area (Å²) in [7, 11) is 1.48. The number of carboxylic acid groups (broad SMARTS) is 1. The fourth-order valence-electron chi connectivity index (χ4n) is 1.69. The summed E-state index contributed by atoms with van der Waals surface area (Å²) in [5, 5.41) is 12.1. The first-order chi connectivity index (χ1) is 9.69. The summed E-state index contributed by atoms with van der Waals surface area (Å²) in [5.41, 5.74) is -1.13. The van der Waals surface area contributed by atoms with Gasteiger partial charge in [0.1, 0.15) is 11.3 Å². The van der Waals surface area contributed by atoms with E-state index in [4.69, 9.17) is 4.74 Å². The third-order valence-electron chi connectivity index (χ3n) is 2.88. The lowest BCUT2D eigenvalue weighted by atomic mass is 9.92. The normalized spacial score (nSPS) is 14.5. The van der Waals surface area contributed by atoms with E-state index in [1.165, 1.54) is 26.2 Å². The Morgan fingerprint density at radius 3 is 2.29 bits per heavy atom. The van der Waals surface area contributed by atoms with E-state index in [1.54, 1.807) is 0 Å². The lowest BCUT2D eigenvalue weighted by Gasteiger charge is -2.27. The summed E-state index contributed by atoms with van der Waals surface area (Å²) in [5.74, 6) is -1.56. The van der Waals surface area contributed by atoms with Crippen molar-refractivity contribution >= 4 is 5.97 Å². The highest BCUT2D eigenvalue weighted by atomic mass is 19.4. The molecular weight excluding hydrogens is 291 g/mol. The predicted octanol–water partition coefficient (Wildman–Crippen LogP) is 2.12. The average Bonchev–Trinajstić information content (AvgIpc) is 2.37. The van der Waals surface area contributed by atoms with E-state index >= 15 is 0 Å².